The van der Waals surface area contributed by atoms with Crippen LogP contribution in [0.1, 0.15) is 30.1 Å². The molecule has 0 atom stereocenters. The van der Waals surface area contributed by atoms with Crippen LogP contribution in [0, 0.1) is 5.92 Å². The Hall–Kier alpha value is -1.76. The fourth-order valence-corrected chi connectivity index (χ4v) is 2.90. The number of nitrogens with one attached hydrogen (secondary N) is 1. The summed E-state index contributed by atoms with van der Waals surface area (Å²) in [6.45, 7) is 2.35. The molecule has 120 valence electrons. The summed E-state index contributed by atoms with van der Waals surface area (Å²) < 4.78 is 11.4. The van der Waals surface area contributed by atoms with Crippen LogP contribution in [-0.2, 0) is 4.79 Å². The first-order valence-electron chi connectivity index (χ1n) is 7.00. The lowest BCUT2D eigenvalue weighted by Gasteiger charge is -2.32. The van der Waals surface area contributed by atoms with E-state index in [2.05, 4.69) is 21.2 Å². The summed E-state index contributed by atoms with van der Waals surface area (Å²) in [7, 11) is 1.51. The van der Waals surface area contributed by atoms with Crippen LogP contribution >= 0.6 is 15.9 Å². The molecule has 2 N–H and O–H groups in total. The maximum atomic E-state index is 12.2. The van der Waals surface area contributed by atoms with E-state index in [1.807, 2.05) is 6.92 Å². The zero-order chi connectivity index (χ0) is 16.3. The van der Waals surface area contributed by atoms with Gasteiger partial charge in [-0.3, -0.25) is 9.59 Å². The Kier molecular flexibility index (Phi) is 5.28. The highest BCUT2D eigenvalue weighted by atomic mass is 79.9. The summed E-state index contributed by atoms with van der Waals surface area (Å²) in [6, 6.07) is 3.18. The monoisotopic (exact) mass is 371 g/mol. The number of ether oxygens (including phenoxy) is 2. The summed E-state index contributed by atoms with van der Waals surface area (Å²) in [5, 5.41) is 11.7. The van der Waals surface area contributed by atoms with Crippen molar-refractivity contribution in [1.82, 2.24) is 5.32 Å². The van der Waals surface area contributed by atoms with Crippen LogP contribution in [0.3, 0.4) is 0 Å². The number of hydrogen-bond donors (Lipinski definition) is 2. The van der Waals surface area contributed by atoms with Gasteiger partial charge in [0.15, 0.2) is 11.5 Å². The maximum absolute atomic E-state index is 12.2. The number of benzene rings is 1. The van der Waals surface area contributed by atoms with E-state index < -0.39 is 5.97 Å². The van der Waals surface area contributed by atoms with Gasteiger partial charge in [0.1, 0.15) is 0 Å². The lowest BCUT2D eigenvalue weighted by atomic mass is 9.80. The van der Waals surface area contributed by atoms with E-state index in [4.69, 9.17) is 14.6 Å². The molecule has 0 unspecified atom stereocenters. The number of aliphatic carboxylic acids is 1. The van der Waals surface area contributed by atoms with Gasteiger partial charge in [0, 0.05) is 11.6 Å². The molecule has 1 aromatic carbocycles. The molecule has 0 bridgehead atoms. The summed E-state index contributed by atoms with van der Waals surface area (Å²) in [4.78, 5) is 23.0. The third kappa shape index (κ3) is 3.52. The molecule has 1 aliphatic rings. The van der Waals surface area contributed by atoms with Crippen molar-refractivity contribution in [2.75, 3.05) is 13.7 Å². The zero-order valence-electron chi connectivity index (χ0n) is 12.4. The molecule has 0 aliphatic heterocycles. The van der Waals surface area contributed by atoms with Crippen molar-refractivity contribution in [1.29, 1.82) is 0 Å². The third-order valence-electron chi connectivity index (χ3n) is 3.60. The Balaban J connectivity index is 2.07. The van der Waals surface area contributed by atoms with Crippen molar-refractivity contribution in [2.45, 2.75) is 25.8 Å². The van der Waals surface area contributed by atoms with Crippen molar-refractivity contribution >= 4 is 27.8 Å². The van der Waals surface area contributed by atoms with Crippen LogP contribution in [0.15, 0.2) is 16.6 Å². The molecule has 1 amide bonds. The van der Waals surface area contributed by atoms with Gasteiger partial charge < -0.3 is 19.9 Å². The van der Waals surface area contributed by atoms with Crippen LogP contribution in [0.2, 0.25) is 0 Å². The zero-order valence-corrected chi connectivity index (χ0v) is 14.0. The van der Waals surface area contributed by atoms with Crippen LogP contribution in [0.4, 0.5) is 0 Å². The topological polar surface area (TPSA) is 84.9 Å². The summed E-state index contributed by atoms with van der Waals surface area (Å²) in [5.74, 6) is -0.395. The van der Waals surface area contributed by atoms with E-state index in [-0.39, 0.29) is 17.9 Å². The Bertz CT molecular complexity index is 584. The lowest BCUT2D eigenvalue weighted by Crippen LogP contribution is -2.46. The molecular weight excluding hydrogens is 354 g/mol. The van der Waals surface area contributed by atoms with Gasteiger partial charge in [-0.1, -0.05) is 0 Å². The standard InChI is InChI=1S/C15H18BrNO5/c1-3-22-13-11(16)6-8(7-12(13)21-2)14(18)17-10-4-9(5-10)15(19)20/h6-7,9-10H,3-5H2,1-2H3,(H,17,18)(H,19,20). The van der Waals surface area contributed by atoms with Crippen LogP contribution < -0.4 is 14.8 Å². The molecule has 1 aromatic rings. The first-order valence-corrected chi connectivity index (χ1v) is 7.79. The van der Waals surface area contributed by atoms with Gasteiger partial charge in [-0.25, -0.2) is 0 Å². The quantitative estimate of drug-likeness (QED) is 0.801. The highest BCUT2D eigenvalue weighted by Gasteiger charge is 2.35. The van der Waals surface area contributed by atoms with Crippen LogP contribution in [0.25, 0.3) is 0 Å². The number of carbonyl (C=O) groups is 2. The predicted molar refractivity (Wildman–Crippen MR) is 83.5 cm³/mol. The normalized spacial score (nSPS) is 20.0. The molecule has 1 saturated carbocycles. The Morgan fingerprint density at radius 2 is 2.09 bits per heavy atom. The number of halogens is 1. The number of carboxylic acid groups (broad SMARTS) is 1. The van der Waals surface area contributed by atoms with Crippen LogP contribution in [-0.4, -0.2) is 36.7 Å². The SMILES string of the molecule is CCOc1c(Br)cc(C(=O)NC2CC(C(=O)O)C2)cc1OC. The molecule has 7 heteroatoms. The summed E-state index contributed by atoms with van der Waals surface area (Å²) >= 11 is 3.37. The summed E-state index contributed by atoms with van der Waals surface area (Å²) in [5.41, 5.74) is 0.436. The summed E-state index contributed by atoms with van der Waals surface area (Å²) in [6.07, 6.45) is 0.937. The minimum absolute atomic E-state index is 0.0926. The van der Waals surface area contributed by atoms with Crippen molar-refractivity contribution in [3.05, 3.63) is 22.2 Å². The highest BCUT2D eigenvalue weighted by Crippen LogP contribution is 2.37. The molecule has 0 heterocycles. The van der Waals surface area contributed by atoms with Gasteiger partial charge in [-0.2, -0.15) is 0 Å². The third-order valence-corrected chi connectivity index (χ3v) is 4.19. The maximum Gasteiger partial charge on any atom is 0.306 e. The van der Waals surface area contributed by atoms with E-state index in [1.54, 1.807) is 12.1 Å². The van der Waals surface area contributed by atoms with Gasteiger partial charge in [0.25, 0.3) is 5.91 Å². The first kappa shape index (κ1) is 16.6. The number of methoxy groups -OCH3 is 1. The predicted octanol–water partition coefficient (Wildman–Crippen LogP) is 2.45. The Labute approximate surface area is 136 Å². The largest absolute Gasteiger partial charge is 0.493 e. The second-order valence-electron chi connectivity index (χ2n) is 5.10. The number of hydrogen-bond acceptors (Lipinski definition) is 4. The number of rotatable bonds is 6. The average Bonchev–Trinajstić information content (AvgIpc) is 2.43. The molecule has 1 fully saturated rings. The van der Waals surface area contributed by atoms with Gasteiger partial charge in [-0.15, -0.1) is 0 Å². The lowest BCUT2D eigenvalue weighted by molar-refractivity contribution is -0.145. The molecule has 0 saturated heterocycles. The van der Waals surface area contributed by atoms with Crippen molar-refractivity contribution < 1.29 is 24.2 Å². The van der Waals surface area contributed by atoms with Crippen molar-refractivity contribution in [3.63, 3.8) is 0 Å². The molecule has 0 spiro atoms. The minimum atomic E-state index is -0.809. The number of carboxylic acids is 1. The van der Waals surface area contributed by atoms with E-state index in [1.165, 1.54) is 7.11 Å². The Morgan fingerprint density at radius 3 is 2.64 bits per heavy atom. The van der Waals surface area contributed by atoms with E-state index in [9.17, 15) is 9.59 Å². The van der Waals surface area contributed by atoms with Crippen molar-refractivity contribution in [2.24, 2.45) is 5.92 Å². The fraction of sp³-hybridized carbons (Fsp3) is 0.467. The smallest absolute Gasteiger partial charge is 0.306 e. The minimum Gasteiger partial charge on any atom is -0.493 e. The van der Waals surface area contributed by atoms with Gasteiger partial charge in [-0.05, 0) is 47.8 Å². The first-order chi connectivity index (χ1) is 10.5. The molecule has 6 nitrogen and oxygen atoms in total. The van der Waals surface area contributed by atoms with Gasteiger partial charge in [0.05, 0.1) is 24.1 Å². The van der Waals surface area contributed by atoms with E-state index in [0.717, 1.165) is 0 Å². The van der Waals surface area contributed by atoms with Crippen LogP contribution in [0.5, 0.6) is 11.5 Å². The second-order valence-corrected chi connectivity index (χ2v) is 5.95. The van der Waals surface area contributed by atoms with Gasteiger partial charge >= 0.3 is 5.97 Å². The Morgan fingerprint density at radius 1 is 1.41 bits per heavy atom. The molecule has 1 aliphatic carbocycles. The fourth-order valence-electron chi connectivity index (χ4n) is 2.34. The number of amides is 1. The van der Waals surface area contributed by atoms with E-state index >= 15 is 0 Å². The molecule has 2 rings (SSSR count). The molecule has 0 aromatic heterocycles. The van der Waals surface area contributed by atoms with E-state index in [0.29, 0.717) is 41.0 Å². The van der Waals surface area contributed by atoms with Crippen molar-refractivity contribution in [3.8, 4) is 11.5 Å². The van der Waals surface area contributed by atoms with Gasteiger partial charge in [0.2, 0.25) is 0 Å². The molecule has 0 radical (unpaired) electrons. The molecule has 22 heavy (non-hydrogen) atoms. The average molecular weight is 372 g/mol. The highest BCUT2D eigenvalue weighted by molar-refractivity contribution is 9.10. The number of carbonyl (C=O) groups excluding carboxylic acids is 1. The second kappa shape index (κ2) is 7.00. The molecular formula is C15H18BrNO5.